The third-order valence-corrected chi connectivity index (χ3v) is 5.46. The Morgan fingerprint density at radius 1 is 1.28 bits per heavy atom. The van der Waals surface area contributed by atoms with Crippen molar-refractivity contribution in [1.29, 1.82) is 0 Å². The highest BCUT2D eigenvalue weighted by molar-refractivity contribution is 5.87. The van der Waals surface area contributed by atoms with Gasteiger partial charge in [-0.25, -0.2) is 4.79 Å². The molecule has 2 aromatic rings. The second-order valence-electron chi connectivity index (χ2n) is 7.55. The summed E-state index contributed by atoms with van der Waals surface area (Å²) in [7, 11) is 0. The minimum Gasteiger partial charge on any atom is -0.548 e. The molecule has 156 valence electrons. The molecule has 0 fully saturated rings. The molecular weight excluding hydrogens is 374 g/mol. The van der Waals surface area contributed by atoms with E-state index in [4.69, 9.17) is 9.15 Å². The maximum absolute atomic E-state index is 12.4. The van der Waals surface area contributed by atoms with Crippen molar-refractivity contribution in [2.45, 2.75) is 71.4 Å². The minimum atomic E-state index is -1.31. The number of amides is 1. The zero-order valence-electron chi connectivity index (χ0n) is 17.0. The number of aliphatic carboxylic acids is 1. The molecule has 0 saturated carbocycles. The smallest absolute Gasteiger partial charge is 0.339 e. The number of hydrogen-bond donors (Lipinski definition) is 1. The number of carbonyl (C=O) groups excluding carboxylic acids is 2. The summed E-state index contributed by atoms with van der Waals surface area (Å²) >= 11 is 0. The van der Waals surface area contributed by atoms with Gasteiger partial charge in [0.2, 0.25) is 0 Å². The van der Waals surface area contributed by atoms with Crippen LogP contribution < -0.4 is 20.8 Å². The maximum Gasteiger partial charge on any atom is 0.339 e. The van der Waals surface area contributed by atoms with Crippen LogP contribution in [0.5, 0.6) is 5.75 Å². The van der Waals surface area contributed by atoms with Gasteiger partial charge in [-0.3, -0.25) is 4.79 Å². The van der Waals surface area contributed by atoms with E-state index in [1.54, 1.807) is 19.9 Å². The summed E-state index contributed by atoms with van der Waals surface area (Å²) in [5.74, 6) is -1.43. The lowest BCUT2D eigenvalue weighted by Gasteiger charge is -2.23. The molecule has 0 spiro atoms. The highest BCUT2D eigenvalue weighted by Gasteiger charge is 2.23. The van der Waals surface area contributed by atoms with Gasteiger partial charge in [-0.15, -0.1) is 0 Å². The van der Waals surface area contributed by atoms with E-state index < -0.39 is 24.0 Å². The van der Waals surface area contributed by atoms with Crippen LogP contribution in [0.15, 0.2) is 21.3 Å². The van der Waals surface area contributed by atoms with E-state index in [1.807, 2.05) is 13.0 Å². The summed E-state index contributed by atoms with van der Waals surface area (Å²) in [6.45, 7) is 5.26. The number of benzene rings is 1. The van der Waals surface area contributed by atoms with Crippen LogP contribution in [0.4, 0.5) is 0 Å². The zero-order valence-corrected chi connectivity index (χ0v) is 17.0. The van der Waals surface area contributed by atoms with E-state index in [0.29, 0.717) is 29.7 Å². The number of carboxylic acid groups (broad SMARTS) is 1. The number of carbonyl (C=O) groups is 2. The number of unbranched alkanes of at least 4 members (excludes halogenated alkanes) is 1. The van der Waals surface area contributed by atoms with Gasteiger partial charge < -0.3 is 24.4 Å². The first-order chi connectivity index (χ1) is 13.8. The molecule has 0 aliphatic heterocycles. The molecule has 1 aromatic heterocycles. The fourth-order valence-corrected chi connectivity index (χ4v) is 3.78. The number of carboxylic acids is 1. The van der Waals surface area contributed by atoms with Gasteiger partial charge in [-0.1, -0.05) is 19.8 Å². The second-order valence-corrected chi connectivity index (χ2v) is 7.55. The molecule has 1 aliphatic rings. The summed E-state index contributed by atoms with van der Waals surface area (Å²) in [5, 5.41) is 14.6. The number of hydrogen-bond acceptors (Lipinski definition) is 6. The normalized spacial score (nSPS) is 15.0. The highest BCUT2D eigenvalue weighted by atomic mass is 16.5. The van der Waals surface area contributed by atoms with E-state index in [1.165, 1.54) is 0 Å². The topological polar surface area (TPSA) is 109 Å². The van der Waals surface area contributed by atoms with Gasteiger partial charge in [0.05, 0.1) is 12.0 Å². The Bertz CT molecular complexity index is 993. The largest absolute Gasteiger partial charge is 0.548 e. The maximum atomic E-state index is 12.4. The van der Waals surface area contributed by atoms with Crippen LogP contribution in [-0.2, 0) is 22.4 Å². The monoisotopic (exact) mass is 400 g/mol. The molecule has 0 radical (unpaired) electrons. The van der Waals surface area contributed by atoms with Crippen molar-refractivity contribution in [1.82, 2.24) is 5.32 Å². The van der Waals surface area contributed by atoms with Crippen LogP contribution in [0.25, 0.3) is 11.0 Å². The Kier molecular flexibility index (Phi) is 6.25. The zero-order chi connectivity index (χ0) is 21.1. The number of nitrogens with one attached hydrogen (secondary N) is 1. The minimum absolute atomic E-state index is 0.308. The van der Waals surface area contributed by atoms with Crippen molar-refractivity contribution in [3.63, 3.8) is 0 Å². The van der Waals surface area contributed by atoms with E-state index in [2.05, 4.69) is 5.32 Å². The number of aryl methyl sites for hydroxylation is 2. The van der Waals surface area contributed by atoms with Crippen molar-refractivity contribution in [2.24, 2.45) is 0 Å². The fourth-order valence-electron chi connectivity index (χ4n) is 3.78. The van der Waals surface area contributed by atoms with Crippen LogP contribution in [0, 0.1) is 6.92 Å². The Balaban J connectivity index is 1.80. The molecule has 2 atom stereocenters. The van der Waals surface area contributed by atoms with Gasteiger partial charge in [0.1, 0.15) is 11.3 Å². The molecule has 0 bridgehead atoms. The molecular formula is C22H26NO6-. The quantitative estimate of drug-likeness (QED) is 0.677. The van der Waals surface area contributed by atoms with Crippen LogP contribution in [0.1, 0.15) is 56.2 Å². The first-order valence-electron chi connectivity index (χ1n) is 10.1. The van der Waals surface area contributed by atoms with Crippen molar-refractivity contribution < 1.29 is 23.8 Å². The molecule has 1 heterocycles. The molecule has 0 unspecified atom stereocenters. The summed E-state index contributed by atoms with van der Waals surface area (Å²) in [4.78, 5) is 35.9. The van der Waals surface area contributed by atoms with Crippen molar-refractivity contribution in [3.05, 3.63) is 39.2 Å². The summed E-state index contributed by atoms with van der Waals surface area (Å²) < 4.78 is 11.3. The Morgan fingerprint density at radius 2 is 2.00 bits per heavy atom. The first-order valence-corrected chi connectivity index (χ1v) is 10.1. The SMILES string of the molecule is CCCC[C@H](NC(=O)[C@H](C)Oc1ccc2c3c(c(=O)oc2c1C)CCC3)C(=O)[O-]. The van der Waals surface area contributed by atoms with Crippen molar-refractivity contribution >= 4 is 22.8 Å². The third kappa shape index (κ3) is 4.28. The van der Waals surface area contributed by atoms with Gasteiger partial charge in [-0.2, -0.15) is 0 Å². The predicted molar refractivity (Wildman–Crippen MR) is 106 cm³/mol. The van der Waals surface area contributed by atoms with E-state index in [-0.39, 0.29) is 5.63 Å². The molecule has 1 aromatic carbocycles. The second kappa shape index (κ2) is 8.68. The molecule has 1 N–H and O–H groups in total. The van der Waals surface area contributed by atoms with Gasteiger partial charge in [-0.05, 0) is 57.2 Å². The molecule has 1 amide bonds. The molecule has 3 rings (SSSR count). The van der Waals surface area contributed by atoms with E-state index >= 15 is 0 Å². The average Bonchev–Trinajstić information content (AvgIpc) is 3.18. The standard InChI is InChI=1S/C22H27NO6/c1-4-5-9-17(21(25)26)23-20(24)13(3)28-18-11-10-15-14-7-6-8-16(14)22(27)29-19(15)12(18)2/h10-11,13,17H,4-9H2,1-3H3,(H,23,24)(H,25,26)/p-1/t13-,17-/m0/s1. The predicted octanol–water partition coefficient (Wildman–Crippen LogP) is 1.78. The summed E-state index contributed by atoms with van der Waals surface area (Å²) in [6, 6.07) is 2.56. The molecule has 7 heteroatoms. The lowest BCUT2D eigenvalue weighted by molar-refractivity contribution is -0.308. The van der Waals surface area contributed by atoms with E-state index in [0.717, 1.165) is 42.2 Å². The average molecular weight is 400 g/mol. The van der Waals surface area contributed by atoms with Gasteiger partial charge in [0, 0.05) is 16.5 Å². The van der Waals surface area contributed by atoms with Gasteiger partial charge in [0.25, 0.3) is 5.91 Å². The number of fused-ring (bicyclic) bond motifs is 3. The van der Waals surface area contributed by atoms with Crippen LogP contribution in [0.3, 0.4) is 0 Å². The lowest BCUT2D eigenvalue weighted by atomic mass is 10.0. The van der Waals surface area contributed by atoms with E-state index in [9.17, 15) is 19.5 Å². The van der Waals surface area contributed by atoms with Crippen LogP contribution in [-0.4, -0.2) is 24.0 Å². The molecule has 29 heavy (non-hydrogen) atoms. The Labute approximate surface area is 169 Å². The van der Waals surface area contributed by atoms with Crippen molar-refractivity contribution in [2.75, 3.05) is 0 Å². The number of rotatable bonds is 8. The summed E-state index contributed by atoms with van der Waals surface area (Å²) in [5.41, 5.74) is 2.57. The van der Waals surface area contributed by atoms with Crippen LogP contribution in [0.2, 0.25) is 0 Å². The first kappa shape index (κ1) is 20.9. The highest BCUT2D eigenvalue weighted by Crippen LogP contribution is 2.33. The fraction of sp³-hybridized carbons (Fsp3) is 0.500. The van der Waals surface area contributed by atoms with Gasteiger partial charge in [0.15, 0.2) is 6.10 Å². The van der Waals surface area contributed by atoms with Crippen molar-refractivity contribution in [3.8, 4) is 5.75 Å². The third-order valence-electron chi connectivity index (χ3n) is 5.46. The Morgan fingerprint density at radius 3 is 2.69 bits per heavy atom. The van der Waals surface area contributed by atoms with Gasteiger partial charge >= 0.3 is 5.63 Å². The molecule has 7 nitrogen and oxygen atoms in total. The molecule has 0 saturated heterocycles. The molecule has 1 aliphatic carbocycles. The van der Waals surface area contributed by atoms with Crippen LogP contribution >= 0.6 is 0 Å². The number of ether oxygens (including phenoxy) is 1. The lowest BCUT2D eigenvalue weighted by Crippen LogP contribution is -2.51. The Hall–Kier alpha value is -2.83. The summed E-state index contributed by atoms with van der Waals surface area (Å²) in [6.07, 6.45) is 3.39.